The van der Waals surface area contributed by atoms with Crippen LogP contribution in [0.15, 0.2) is 23.1 Å². The Labute approximate surface area is 135 Å². The van der Waals surface area contributed by atoms with Crippen LogP contribution in [0.1, 0.15) is 37.3 Å². The Morgan fingerprint density at radius 3 is 3.14 bits per heavy atom. The zero-order valence-electron chi connectivity index (χ0n) is 12.0. The van der Waals surface area contributed by atoms with Gasteiger partial charge in [0.25, 0.3) is 0 Å². The van der Waals surface area contributed by atoms with Gasteiger partial charge < -0.3 is 10.6 Å². The second-order valence-corrected chi connectivity index (χ2v) is 7.43. The lowest BCUT2D eigenvalue weighted by atomic mass is 9.95. The van der Waals surface area contributed by atoms with Gasteiger partial charge in [0.1, 0.15) is 0 Å². The van der Waals surface area contributed by atoms with Gasteiger partial charge >= 0.3 is 0 Å². The normalized spacial score (nSPS) is 25.2. The van der Waals surface area contributed by atoms with Crippen LogP contribution >= 0.6 is 23.4 Å². The van der Waals surface area contributed by atoms with E-state index in [1.54, 1.807) is 0 Å². The van der Waals surface area contributed by atoms with E-state index in [1.807, 2.05) is 23.9 Å². The second-order valence-electron chi connectivity index (χ2n) is 5.86. The lowest BCUT2D eigenvalue weighted by molar-refractivity contribution is -0.123. The van der Waals surface area contributed by atoms with Crippen molar-refractivity contribution in [3.63, 3.8) is 0 Å². The van der Waals surface area contributed by atoms with Crippen LogP contribution in [-0.2, 0) is 4.79 Å². The third kappa shape index (κ3) is 3.93. The molecule has 1 saturated heterocycles. The monoisotopic (exact) mass is 324 g/mol. The maximum absolute atomic E-state index is 12.3. The van der Waals surface area contributed by atoms with E-state index in [2.05, 4.69) is 16.7 Å². The van der Waals surface area contributed by atoms with Gasteiger partial charge in [-0.25, -0.2) is 0 Å². The van der Waals surface area contributed by atoms with Gasteiger partial charge in [-0.2, -0.15) is 0 Å². The summed E-state index contributed by atoms with van der Waals surface area (Å²) >= 11 is 7.95. The number of thioether (sulfide) groups is 1. The molecule has 0 aliphatic carbocycles. The lowest BCUT2D eigenvalue weighted by Crippen LogP contribution is -2.36. The summed E-state index contributed by atoms with van der Waals surface area (Å²) in [5.74, 6) is 1.70. The first-order valence-electron chi connectivity index (χ1n) is 7.64. The van der Waals surface area contributed by atoms with Crippen molar-refractivity contribution in [1.82, 2.24) is 10.6 Å². The fraction of sp³-hybridized carbons (Fsp3) is 0.562. The summed E-state index contributed by atoms with van der Waals surface area (Å²) in [5, 5.41) is 7.32. The summed E-state index contributed by atoms with van der Waals surface area (Å²) in [7, 11) is 0. The molecule has 0 radical (unpaired) electrons. The van der Waals surface area contributed by atoms with Gasteiger partial charge in [0.05, 0.1) is 6.04 Å². The Bertz CT molecular complexity index is 517. The smallest absolute Gasteiger partial charge is 0.220 e. The molecule has 0 saturated carbocycles. The van der Waals surface area contributed by atoms with E-state index in [9.17, 15) is 4.79 Å². The Morgan fingerprint density at radius 1 is 1.43 bits per heavy atom. The average Bonchev–Trinajstić information content (AvgIpc) is 2.49. The zero-order chi connectivity index (χ0) is 14.7. The largest absolute Gasteiger partial charge is 0.349 e. The van der Waals surface area contributed by atoms with Crippen LogP contribution in [0.3, 0.4) is 0 Å². The van der Waals surface area contributed by atoms with Crippen LogP contribution in [0.2, 0.25) is 5.02 Å². The highest BCUT2D eigenvalue weighted by Crippen LogP contribution is 2.37. The van der Waals surface area contributed by atoms with E-state index in [-0.39, 0.29) is 11.9 Å². The molecular formula is C16H21ClN2OS. The highest BCUT2D eigenvalue weighted by molar-refractivity contribution is 7.99. The number of amides is 1. The number of hydrogen-bond acceptors (Lipinski definition) is 3. The van der Waals surface area contributed by atoms with Crippen LogP contribution in [0, 0.1) is 5.92 Å². The molecule has 1 aromatic rings. The number of rotatable bonds is 3. The molecule has 0 spiro atoms. The van der Waals surface area contributed by atoms with Gasteiger partial charge in [-0.3, -0.25) is 4.79 Å². The van der Waals surface area contributed by atoms with Gasteiger partial charge in [0, 0.05) is 22.1 Å². The number of nitrogens with one attached hydrogen (secondary N) is 2. The first-order chi connectivity index (χ1) is 10.2. The Morgan fingerprint density at radius 2 is 2.33 bits per heavy atom. The van der Waals surface area contributed by atoms with E-state index in [4.69, 9.17) is 11.6 Å². The van der Waals surface area contributed by atoms with Crippen molar-refractivity contribution in [2.45, 2.75) is 36.6 Å². The summed E-state index contributed by atoms with van der Waals surface area (Å²) in [5.41, 5.74) is 1.17. The van der Waals surface area contributed by atoms with Crippen LogP contribution < -0.4 is 10.6 Å². The summed E-state index contributed by atoms with van der Waals surface area (Å²) in [6.07, 6.45) is 3.94. The van der Waals surface area contributed by atoms with Crippen molar-refractivity contribution in [3.8, 4) is 0 Å². The molecule has 2 unspecified atom stereocenters. The molecule has 2 aliphatic heterocycles. The van der Waals surface area contributed by atoms with E-state index >= 15 is 0 Å². The van der Waals surface area contributed by atoms with Crippen LogP contribution in [0.4, 0.5) is 0 Å². The summed E-state index contributed by atoms with van der Waals surface area (Å²) < 4.78 is 0. The van der Waals surface area contributed by atoms with Crippen molar-refractivity contribution in [2.24, 2.45) is 5.92 Å². The SMILES string of the molecule is O=C(CC1CCCNC1)NC1CCSc2ccc(Cl)cc21. The quantitative estimate of drug-likeness (QED) is 0.895. The first-order valence-corrected chi connectivity index (χ1v) is 9.01. The minimum atomic E-state index is 0.115. The van der Waals surface area contributed by atoms with Crippen molar-refractivity contribution in [1.29, 1.82) is 0 Å². The molecule has 0 aromatic heterocycles. The van der Waals surface area contributed by atoms with E-state index in [1.165, 1.54) is 16.9 Å². The standard InChI is InChI=1S/C16H21ClN2OS/c17-12-3-4-15-13(9-12)14(5-7-21-15)19-16(20)8-11-2-1-6-18-10-11/h3-4,9,11,14,18H,1-2,5-8,10H2,(H,19,20). The minimum Gasteiger partial charge on any atom is -0.349 e. The van der Waals surface area contributed by atoms with Gasteiger partial charge in [-0.15, -0.1) is 11.8 Å². The summed E-state index contributed by atoms with van der Waals surface area (Å²) in [4.78, 5) is 13.5. The second kappa shape index (κ2) is 7.03. The van der Waals surface area contributed by atoms with Crippen molar-refractivity contribution < 1.29 is 4.79 Å². The molecule has 1 amide bonds. The number of hydrogen-bond donors (Lipinski definition) is 2. The van der Waals surface area contributed by atoms with Crippen molar-refractivity contribution >= 4 is 29.3 Å². The number of benzene rings is 1. The number of carbonyl (C=O) groups is 1. The topological polar surface area (TPSA) is 41.1 Å². The molecule has 5 heteroatoms. The molecular weight excluding hydrogens is 304 g/mol. The molecule has 2 N–H and O–H groups in total. The van der Waals surface area contributed by atoms with Gasteiger partial charge in [-0.1, -0.05) is 11.6 Å². The third-order valence-corrected chi connectivity index (χ3v) is 5.58. The molecule has 2 aliphatic rings. The number of carbonyl (C=O) groups excluding carboxylic acids is 1. The summed E-state index contributed by atoms with van der Waals surface area (Å²) in [6.45, 7) is 2.06. The third-order valence-electron chi connectivity index (χ3n) is 4.22. The molecule has 2 atom stereocenters. The van der Waals surface area contributed by atoms with Crippen LogP contribution in [0.5, 0.6) is 0 Å². The molecule has 2 heterocycles. The maximum atomic E-state index is 12.3. The fourth-order valence-electron chi connectivity index (χ4n) is 3.13. The van der Waals surface area contributed by atoms with E-state index < -0.39 is 0 Å². The minimum absolute atomic E-state index is 0.115. The van der Waals surface area contributed by atoms with Gasteiger partial charge in [-0.05, 0) is 62.0 Å². The first kappa shape index (κ1) is 15.2. The van der Waals surface area contributed by atoms with Gasteiger partial charge in [0.2, 0.25) is 5.91 Å². The maximum Gasteiger partial charge on any atom is 0.220 e. The molecule has 1 fully saturated rings. The average molecular weight is 325 g/mol. The Hall–Kier alpha value is -0.710. The van der Waals surface area contributed by atoms with Crippen LogP contribution in [0.25, 0.3) is 0 Å². The van der Waals surface area contributed by atoms with Gasteiger partial charge in [0.15, 0.2) is 0 Å². The van der Waals surface area contributed by atoms with Crippen LogP contribution in [-0.4, -0.2) is 24.7 Å². The number of halogens is 1. The highest BCUT2D eigenvalue weighted by atomic mass is 35.5. The van der Waals surface area contributed by atoms with Crippen molar-refractivity contribution in [2.75, 3.05) is 18.8 Å². The highest BCUT2D eigenvalue weighted by Gasteiger charge is 2.24. The predicted octanol–water partition coefficient (Wildman–Crippen LogP) is 3.38. The molecule has 1 aromatic carbocycles. The zero-order valence-corrected chi connectivity index (χ0v) is 13.6. The molecule has 0 bridgehead atoms. The van der Waals surface area contributed by atoms with E-state index in [0.29, 0.717) is 12.3 Å². The van der Waals surface area contributed by atoms with E-state index in [0.717, 1.165) is 36.7 Å². The molecule has 21 heavy (non-hydrogen) atoms. The predicted molar refractivity (Wildman–Crippen MR) is 87.9 cm³/mol. The molecule has 114 valence electrons. The fourth-order valence-corrected chi connectivity index (χ4v) is 4.42. The molecule has 3 nitrogen and oxygen atoms in total. The molecule has 3 rings (SSSR count). The van der Waals surface area contributed by atoms with Crippen molar-refractivity contribution in [3.05, 3.63) is 28.8 Å². The number of piperidine rings is 1. The summed E-state index contributed by atoms with van der Waals surface area (Å²) in [6, 6.07) is 6.09. The number of fused-ring (bicyclic) bond motifs is 1. The Kier molecular flexibility index (Phi) is 5.09. The Balaban J connectivity index is 1.63. The lowest BCUT2D eigenvalue weighted by Gasteiger charge is -2.28.